The van der Waals surface area contributed by atoms with Crippen molar-refractivity contribution in [2.24, 2.45) is 0 Å². The highest BCUT2D eigenvalue weighted by molar-refractivity contribution is 5.78. The molecule has 3 N–H and O–H groups in total. The van der Waals surface area contributed by atoms with Crippen LogP contribution in [0.3, 0.4) is 0 Å². The Kier molecular flexibility index (Phi) is 43.7. The molecule has 3 unspecified atom stereocenters. The van der Waals surface area contributed by atoms with E-state index in [1.807, 2.05) is 6.08 Å². The summed E-state index contributed by atoms with van der Waals surface area (Å²) in [5.41, 5.74) is 0. The highest BCUT2D eigenvalue weighted by Crippen LogP contribution is 2.16. The Morgan fingerprint density at radius 3 is 1.31 bits per heavy atom. The first-order valence-corrected chi connectivity index (χ1v) is 24.5. The Morgan fingerprint density at radius 1 is 0.517 bits per heavy atom. The number of rotatable bonds is 43. The number of esters is 1. The maximum absolute atomic E-state index is 13.1. The zero-order valence-electron chi connectivity index (χ0n) is 38.2. The minimum Gasteiger partial charge on any atom is -0.458 e. The van der Waals surface area contributed by atoms with Gasteiger partial charge in [0.25, 0.3) is 0 Å². The van der Waals surface area contributed by atoms with Crippen LogP contribution < -0.4 is 5.32 Å². The quantitative estimate of drug-likeness (QED) is 0.0324. The largest absolute Gasteiger partial charge is 0.458 e. The summed E-state index contributed by atoms with van der Waals surface area (Å²) in [4.78, 5) is 26.0. The van der Waals surface area contributed by atoms with Crippen molar-refractivity contribution in [3.05, 3.63) is 60.8 Å². The van der Waals surface area contributed by atoms with Gasteiger partial charge >= 0.3 is 5.97 Å². The molecule has 336 valence electrons. The zero-order chi connectivity index (χ0) is 42.4. The van der Waals surface area contributed by atoms with E-state index in [1.54, 1.807) is 6.08 Å². The van der Waals surface area contributed by atoms with Crippen LogP contribution in [0.2, 0.25) is 0 Å². The average Bonchev–Trinajstić information content (AvgIpc) is 3.22. The Labute approximate surface area is 358 Å². The molecular weight excluding hydrogens is 719 g/mol. The number of unbranched alkanes of at least 4 members (excludes halogenated alkanes) is 23. The van der Waals surface area contributed by atoms with E-state index in [0.717, 1.165) is 64.2 Å². The second-order valence-corrected chi connectivity index (χ2v) is 16.5. The molecule has 0 saturated heterocycles. The fourth-order valence-corrected chi connectivity index (χ4v) is 7.16. The third-order valence-corrected chi connectivity index (χ3v) is 10.9. The van der Waals surface area contributed by atoms with Crippen LogP contribution >= 0.6 is 0 Å². The van der Waals surface area contributed by atoms with Gasteiger partial charge in [-0.05, 0) is 51.0 Å². The Hall–Kier alpha value is -2.44. The lowest BCUT2D eigenvalue weighted by molar-refractivity contribution is -0.148. The first-order chi connectivity index (χ1) is 28.5. The molecule has 0 saturated carbocycles. The van der Waals surface area contributed by atoms with E-state index in [2.05, 4.69) is 74.7 Å². The topological polar surface area (TPSA) is 95.9 Å². The smallest absolute Gasteiger partial charge is 0.306 e. The fraction of sp³-hybridized carbons (Fsp3) is 0.769. The standard InChI is InChI=1S/C52H93NO5/c1-4-7-10-13-16-19-22-25-27-28-31-34-37-40-43-48(58-52(57)45-42-39-36-33-30-26-23-20-17-14-11-8-5-2)46-51(56)53-49(47-54)50(55)44-41-38-35-32-29-24-21-18-15-12-9-6-3/h7,10,16,19,25,27,31,34,40,43,48-50,54-55H,4-6,8-9,11-15,17-18,20-24,26,28-30,32-33,35-39,41-42,44-47H2,1-3H3,(H,53,56)/b10-7+,19-16+,27-25+,34-31+,43-40+. The molecule has 58 heavy (non-hydrogen) atoms. The molecular formula is C52H93NO5. The highest BCUT2D eigenvalue weighted by atomic mass is 16.5. The summed E-state index contributed by atoms with van der Waals surface area (Å²) in [6, 6.07) is -0.740. The molecule has 0 aromatic carbocycles. The van der Waals surface area contributed by atoms with Gasteiger partial charge in [0.15, 0.2) is 0 Å². The van der Waals surface area contributed by atoms with Gasteiger partial charge < -0.3 is 20.3 Å². The maximum Gasteiger partial charge on any atom is 0.306 e. The summed E-state index contributed by atoms with van der Waals surface area (Å²) >= 11 is 0. The maximum atomic E-state index is 13.1. The monoisotopic (exact) mass is 812 g/mol. The van der Waals surface area contributed by atoms with Crippen LogP contribution in [0.25, 0.3) is 0 Å². The minimum absolute atomic E-state index is 0.0448. The summed E-state index contributed by atoms with van der Waals surface area (Å²) < 4.78 is 5.81. The van der Waals surface area contributed by atoms with Crippen LogP contribution in [-0.4, -0.2) is 46.9 Å². The van der Waals surface area contributed by atoms with E-state index in [9.17, 15) is 19.8 Å². The Morgan fingerprint density at radius 2 is 0.897 bits per heavy atom. The van der Waals surface area contributed by atoms with Gasteiger partial charge in [-0.15, -0.1) is 0 Å². The lowest BCUT2D eigenvalue weighted by Gasteiger charge is -2.23. The normalized spacial score (nSPS) is 13.8. The number of aliphatic hydroxyl groups excluding tert-OH is 2. The van der Waals surface area contributed by atoms with Crippen molar-refractivity contribution in [1.29, 1.82) is 0 Å². The van der Waals surface area contributed by atoms with Gasteiger partial charge in [0.1, 0.15) is 6.10 Å². The van der Waals surface area contributed by atoms with Gasteiger partial charge in [0, 0.05) is 6.42 Å². The summed E-state index contributed by atoms with van der Waals surface area (Å²) in [7, 11) is 0. The van der Waals surface area contributed by atoms with E-state index in [-0.39, 0.29) is 24.9 Å². The second kappa shape index (κ2) is 45.6. The molecule has 0 aliphatic carbocycles. The van der Waals surface area contributed by atoms with Crippen LogP contribution in [0.4, 0.5) is 0 Å². The molecule has 0 spiro atoms. The van der Waals surface area contributed by atoms with E-state index in [0.29, 0.717) is 19.3 Å². The minimum atomic E-state index is -0.817. The van der Waals surface area contributed by atoms with Gasteiger partial charge in [0.05, 0.1) is 25.2 Å². The molecule has 0 rings (SSSR count). The number of carbonyl (C=O) groups excluding carboxylic acids is 2. The van der Waals surface area contributed by atoms with Crippen molar-refractivity contribution in [3.63, 3.8) is 0 Å². The van der Waals surface area contributed by atoms with Gasteiger partial charge in [0.2, 0.25) is 5.91 Å². The lowest BCUT2D eigenvalue weighted by atomic mass is 10.0. The summed E-state index contributed by atoms with van der Waals surface area (Å²) in [5.74, 6) is -0.625. The first-order valence-electron chi connectivity index (χ1n) is 24.5. The van der Waals surface area contributed by atoms with Crippen molar-refractivity contribution in [2.75, 3.05) is 6.61 Å². The average molecular weight is 812 g/mol. The number of carbonyl (C=O) groups is 2. The molecule has 3 atom stereocenters. The van der Waals surface area contributed by atoms with E-state index >= 15 is 0 Å². The molecule has 0 bridgehead atoms. The summed E-state index contributed by atoms with van der Waals surface area (Å²) in [6.07, 6.45) is 55.9. The van der Waals surface area contributed by atoms with Crippen LogP contribution in [0, 0.1) is 0 Å². The number of amides is 1. The molecule has 0 fully saturated rings. The second-order valence-electron chi connectivity index (χ2n) is 16.5. The molecule has 6 nitrogen and oxygen atoms in total. The lowest BCUT2D eigenvalue weighted by Crippen LogP contribution is -2.46. The fourth-order valence-electron chi connectivity index (χ4n) is 7.16. The predicted octanol–water partition coefficient (Wildman–Crippen LogP) is 14.5. The molecule has 0 aliphatic heterocycles. The number of nitrogens with one attached hydrogen (secondary N) is 1. The Balaban J connectivity index is 4.74. The molecule has 0 radical (unpaired) electrons. The molecule has 1 amide bonds. The van der Waals surface area contributed by atoms with Crippen LogP contribution in [0.15, 0.2) is 60.8 Å². The van der Waals surface area contributed by atoms with Gasteiger partial charge in [-0.2, -0.15) is 0 Å². The number of hydrogen-bond acceptors (Lipinski definition) is 5. The van der Waals surface area contributed by atoms with Crippen molar-refractivity contribution < 1.29 is 24.5 Å². The van der Waals surface area contributed by atoms with Gasteiger partial charge in [-0.1, -0.05) is 230 Å². The summed E-state index contributed by atoms with van der Waals surface area (Å²) in [6.45, 7) is 6.32. The zero-order valence-corrected chi connectivity index (χ0v) is 38.2. The van der Waals surface area contributed by atoms with Crippen molar-refractivity contribution in [3.8, 4) is 0 Å². The van der Waals surface area contributed by atoms with Crippen LogP contribution in [0.5, 0.6) is 0 Å². The molecule has 0 aromatic rings. The van der Waals surface area contributed by atoms with E-state index in [1.165, 1.54) is 122 Å². The SMILES string of the molecule is CC/C=C/C/C=C/C/C=C/C/C=C/C/C=C/C(CC(=O)NC(CO)C(O)CCCCCCCCCCCCCC)OC(=O)CCCCCCCCCCCCCCC. The van der Waals surface area contributed by atoms with Gasteiger partial charge in [-0.25, -0.2) is 0 Å². The van der Waals surface area contributed by atoms with Crippen LogP contribution in [0.1, 0.15) is 233 Å². The van der Waals surface area contributed by atoms with Gasteiger partial charge in [-0.3, -0.25) is 9.59 Å². The summed E-state index contributed by atoms with van der Waals surface area (Å²) in [5, 5.41) is 23.6. The molecule has 0 heterocycles. The molecule has 6 heteroatoms. The number of allylic oxidation sites excluding steroid dienone is 9. The van der Waals surface area contributed by atoms with E-state index in [4.69, 9.17) is 4.74 Å². The molecule has 0 aromatic heterocycles. The number of hydrogen-bond donors (Lipinski definition) is 3. The number of aliphatic hydroxyl groups is 2. The van der Waals surface area contributed by atoms with Crippen molar-refractivity contribution >= 4 is 11.9 Å². The Bertz CT molecular complexity index is 1050. The van der Waals surface area contributed by atoms with Crippen LogP contribution in [-0.2, 0) is 14.3 Å². The predicted molar refractivity (Wildman–Crippen MR) is 250 cm³/mol. The third kappa shape index (κ3) is 40.3. The molecule has 0 aliphatic rings. The third-order valence-electron chi connectivity index (χ3n) is 10.9. The number of ether oxygens (including phenoxy) is 1. The van der Waals surface area contributed by atoms with Crippen molar-refractivity contribution in [1.82, 2.24) is 5.32 Å². The van der Waals surface area contributed by atoms with Crippen molar-refractivity contribution in [2.45, 2.75) is 251 Å². The first kappa shape index (κ1) is 55.6. The highest BCUT2D eigenvalue weighted by Gasteiger charge is 2.23. The van der Waals surface area contributed by atoms with E-state index < -0.39 is 18.2 Å².